The number of hydrogen-bond donors (Lipinski definition) is 3. The van der Waals surface area contributed by atoms with Gasteiger partial charge in [0.25, 0.3) is 0 Å². The van der Waals surface area contributed by atoms with E-state index in [0.29, 0.717) is 17.1 Å². The molecule has 1 heterocycles. The molecule has 0 spiro atoms. The van der Waals surface area contributed by atoms with Gasteiger partial charge in [-0.05, 0) is 42.5 Å². The number of urea groups is 1. The van der Waals surface area contributed by atoms with E-state index in [0.717, 1.165) is 5.69 Å². The van der Waals surface area contributed by atoms with Gasteiger partial charge < -0.3 is 15.4 Å². The molecule has 2 aromatic carbocycles. The van der Waals surface area contributed by atoms with E-state index < -0.39 is 12.1 Å². The number of ether oxygens (including phenoxy) is 1. The molecule has 132 valence electrons. The second-order valence-electron chi connectivity index (χ2n) is 5.14. The number of methoxy groups -OCH3 is 1. The zero-order valence-corrected chi connectivity index (χ0v) is 13.8. The molecule has 0 saturated heterocycles. The summed E-state index contributed by atoms with van der Waals surface area (Å²) < 4.78 is 4.53. The van der Waals surface area contributed by atoms with Crippen LogP contribution in [0.4, 0.5) is 26.7 Å². The third-order valence-electron chi connectivity index (χ3n) is 3.33. The molecule has 0 bridgehead atoms. The van der Waals surface area contributed by atoms with Gasteiger partial charge in [0.15, 0.2) is 0 Å². The maximum atomic E-state index is 12.1. The summed E-state index contributed by atoms with van der Waals surface area (Å²) in [4.78, 5) is 24.8. The van der Waals surface area contributed by atoms with Gasteiger partial charge in [0.05, 0.1) is 25.2 Å². The van der Waals surface area contributed by atoms with Crippen LogP contribution in [0.15, 0.2) is 60.9 Å². The first-order valence-electron chi connectivity index (χ1n) is 7.64. The Morgan fingerprint density at radius 2 is 1.50 bits per heavy atom. The van der Waals surface area contributed by atoms with Crippen LogP contribution in [0.1, 0.15) is 0 Å². The summed E-state index contributed by atoms with van der Waals surface area (Å²) in [7, 11) is 1.28. The summed E-state index contributed by atoms with van der Waals surface area (Å²) in [6, 6.07) is 13.4. The van der Waals surface area contributed by atoms with Crippen LogP contribution in [0.25, 0.3) is 5.69 Å². The fourth-order valence-electron chi connectivity index (χ4n) is 2.16. The first-order chi connectivity index (χ1) is 12.6. The van der Waals surface area contributed by atoms with Crippen LogP contribution in [0.3, 0.4) is 0 Å². The van der Waals surface area contributed by atoms with Gasteiger partial charge in [0, 0.05) is 17.1 Å². The Balaban J connectivity index is 1.60. The van der Waals surface area contributed by atoms with Crippen LogP contribution in [0, 0.1) is 0 Å². The van der Waals surface area contributed by atoms with Crippen molar-refractivity contribution < 1.29 is 14.3 Å². The normalized spacial score (nSPS) is 10.0. The number of rotatable bonds is 4. The van der Waals surface area contributed by atoms with Gasteiger partial charge in [0.1, 0.15) is 0 Å². The maximum absolute atomic E-state index is 12.1. The molecular weight excluding hydrogens is 336 g/mol. The Kier molecular flexibility index (Phi) is 5.08. The molecule has 3 aromatic rings. The van der Waals surface area contributed by atoms with Crippen molar-refractivity contribution in [1.82, 2.24) is 15.0 Å². The van der Waals surface area contributed by atoms with Crippen LogP contribution in [-0.4, -0.2) is 34.2 Å². The van der Waals surface area contributed by atoms with Crippen LogP contribution >= 0.6 is 0 Å². The lowest BCUT2D eigenvalue weighted by atomic mass is 10.2. The zero-order valence-electron chi connectivity index (χ0n) is 13.8. The summed E-state index contributed by atoms with van der Waals surface area (Å²) in [5.74, 6) is 0. The summed E-state index contributed by atoms with van der Waals surface area (Å²) in [5.41, 5.74) is 2.42. The Labute approximate surface area is 149 Å². The highest BCUT2D eigenvalue weighted by Crippen LogP contribution is 2.16. The Bertz CT molecular complexity index is 893. The number of nitrogens with one attached hydrogen (secondary N) is 3. The fourth-order valence-corrected chi connectivity index (χ4v) is 2.16. The number of carbonyl (C=O) groups excluding carboxylic acids is 2. The van der Waals surface area contributed by atoms with E-state index in [-0.39, 0.29) is 0 Å². The van der Waals surface area contributed by atoms with Crippen LogP contribution in [-0.2, 0) is 4.74 Å². The van der Waals surface area contributed by atoms with Gasteiger partial charge >= 0.3 is 12.1 Å². The molecule has 0 radical (unpaired) electrons. The van der Waals surface area contributed by atoms with Crippen molar-refractivity contribution in [2.45, 2.75) is 0 Å². The molecule has 0 aliphatic heterocycles. The first kappa shape index (κ1) is 17.0. The van der Waals surface area contributed by atoms with Gasteiger partial charge in [-0.2, -0.15) is 15.0 Å². The highest BCUT2D eigenvalue weighted by molar-refractivity contribution is 6.00. The molecule has 0 unspecified atom stereocenters. The van der Waals surface area contributed by atoms with E-state index in [1.165, 1.54) is 11.9 Å². The zero-order chi connectivity index (χ0) is 18.4. The molecule has 3 amide bonds. The lowest BCUT2D eigenvalue weighted by Gasteiger charge is -2.10. The molecule has 3 rings (SSSR count). The van der Waals surface area contributed by atoms with Crippen LogP contribution in [0.2, 0.25) is 0 Å². The molecule has 26 heavy (non-hydrogen) atoms. The van der Waals surface area contributed by atoms with Crippen molar-refractivity contribution in [3.63, 3.8) is 0 Å². The number of carbonyl (C=O) groups is 2. The standard InChI is InChI=1S/C17H16N6O3/c1-26-17(25)22-14-4-2-3-13(11-14)21-16(24)20-12-5-7-15(8-6-12)23-18-9-10-19-23/h2-11H,1H3,(H,22,25)(H2,20,21,24). The van der Waals surface area contributed by atoms with Crippen LogP contribution < -0.4 is 16.0 Å². The lowest BCUT2D eigenvalue weighted by Crippen LogP contribution is -2.19. The van der Waals surface area contributed by atoms with Crippen molar-refractivity contribution >= 4 is 29.2 Å². The molecule has 3 N–H and O–H groups in total. The summed E-state index contributed by atoms with van der Waals surface area (Å²) in [6.07, 6.45) is 2.59. The number of benzene rings is 2. The minimum atomic E-state index is -0.585. The molecule has 9 nitrogen and oxygen atoms in total. The number of amides is 3. The molecule has 0 saturated carbocycles. The van der Waals surface area contributed by atoms with E-state index in [1.807, 2.05) is 0 Å². The quantitative estimate of drug-likeness (QED) is 0.668. The average Bonchev–Trinajstić information content (AvgIpc) is 3.17. The van der Waals surface area contributed by atoms with Gasteiger partial charge in [0.2, 0.25) is 0 Å². The monoisotopic (exact) mass is 352 g/mol. The van der Waals surface area contributed by atoms with Crippen molar-refractivity contribution in [3.05, 3.63) is 60.9 Å². The van der Waals surface area contributed by atoms with E-state index in [4.69, 9.17) is 0 Å². The molecule has 9 heteroatoms. The van der Waals surface area contributed by atoms with E-state index >= 15 is 0 Å². The Hall–Kier alpha value is -3.88. The summed E-state index contributed by atoms with van der Waals surface area (Å²) in [5, 5.41) is 16.0. The summed E-state index contributed by atoms with van der Waals surface area (Å²) >= 11 is 0. The predicted molar refractivity (Wildman–Crippen MR) is 96.5 cm³/mol. The maximum Gasteiger partial charge on any atom is 0.411 e. The smallest absolute Gasteiger partial charge is 0.411 e. The third kappa shape index (κ3) is 4.35. The Morgan fingerprint density at radius 1 is 0.885 bits per heavy atom. The first-order valence-corrected chi connectivity index (χ1v) is 7.64. The number of nitrogens with zero attached hydrogens (tertiary/aromatic N) is 3. The van der Waals surface area contributed by atoms with Crippen LogP contribution in [0.5, 0.6) is 0 Å². The van der Waals surface area contributed by atoms with Crippen molar-refractivity contribution in [2.24, 2.45) is 0 Å². The second-order valence-corrected chi connectivity index (χ2v) is 5.14. The summed E-state index contributed by atoms with van der Waals surface area (Å²) in [6.45, 7) is 0. The minimum Gasteiger partial charge on any atom is -0.453 e. The lowest BCUT2D eigenvalue weighted by molar-refractivity contribution is 0.187. The topological polar surface area (TPSA) is 110 Å². The average molecular weight is 352 g/mol. The molecule has 0 aliphatic carbocycles. The number of hydrogen-bond acceptors (Lipinski definition) is 5. The Morgan fingerprint density at radius 3 is 2.15 bits per heavy atom. The molecular formula is C17H16N6O3. The molecule has 1 aromatic heterocycles. The minimum absolute atomic E-state index is 0.412. The van der Waals surface area contributed by atoms with Gasteiger partial charge in [-0.1, -0.05) is 6.07 Å². The van der Waals surface area contributed by atoms with Crippen molar-refractivity contribution in [2.75, 3.05) is 23.1 Å². The fraction of sp³-hybridized carbons (Fsp3) is 0.0588. The van der Waals surface area contributed by atoms with E-state index in [2.05, 4.69) is 30.9 Å². The number of aromatic nitrogens is 3. The highest BCUT2D eigenvalue weighted by atomic mass is 16.5. The van der Waals surface area contributed by atoms with E-state index in [9.17, 15) is 9.59 Å². The van der Waals surface area contributed by atoms with Gasteiger partial charge in [-0.15, -0.1) is 0 Å². The SMILES string of the molecule is COC(=O)Nc1cccc(NC(=O)Nc2ccc(-n3nccn3)cc2)c1. The highest BCUT2D eigenvalue weighted by Gasteiger charge is 2.06. The van der Waals surface area contributed by atoms with Crippen molar-refractivity contribution in [1.29, 1.82) is 0 Å². The third-order valence-corrected chi connectivity index (χ3v) is 3.33. The molecule has 0 fully saturated rings. The molecule has 0 atom stereocenters. The second kappa shape index (κ2) is 7.79. The van der Waals surface area contributed by atoms with Gasteiger partial charge in [-0.25, -0.2) is 9.59 Å². The number of anilines is 3. The largest absolute Gasteiger partial charge is 0.453 e. The van der Waals surface area contributed by atoms with Gasteiger partial charge in [-0.3, -0.25) is 5.32 Å². The predicted octanol–water partition coefficient (Wildman–Crippen LogP) is 3.09. The molecule has 0 aliphatic rings. The van der Waals surface area contributed by atoms with E-state index in [1.54, 1.807) is 60.9 Å². The van der Waals surface area contributed by atoms with Crippen molar-refractivity contribution in [3.8, 4) is 5.69 Å².